The van der Waals surface area contributed by atoms with Crippen molar-refractivity contribution in [1.82, 2.24) is 24.9 Å². The molecule has 0 bridgehead atoms. The van der Waals surface area contributed by atoms with Gasteiger partial charge in [0.05, 0.1) is 12.2 Å². The second-order valence-electron chi connectivity index (χ2n) is 5.97. The van der Waals surface area contributed by atoms with E-state index in [1.54, 1.807) is 26.2 Å². The van der Waals surface area contributed by atoms with E-state index in [0.717, 1.165) is 18.8 Å². The molecule has 0 aliphatic carbocycles. The molecule has 2 aromatic heterocycles. The van der Waals surface area contributed by atoms with Crippen LogP contribution in [0.4, 0.5) is 0 Å². The normalized spacial score (nSPS) is 17.9. The number of likely N-dealkylation sites (N-methyl/N-ethyl adjacent to an activating group) is 1. The van der Waals surface area contributed by atoms with E-state index in [0.29, 0.717) is 36.1 Å². The molecule has 0 N–H and O–H groups in total. The van der Waals surface area contributed by atoms with Gasteiger partial charge in [0.25, 0.3) is 5.91 Å². The van der Waals surface area contributed by atoms with Gasteiger partial charge in [-0.3, -0.25) is 9.69 Å². The first-order valence-corrected chi connectivity index (χ1v) is 7.74. The number of aromatic nitrogens is 3. The van der Waals surface area contributed by atoms with Crippen LogP contribution in [0.2, 0.25) is 0 Å². The second kappa shape index (κ2) is 6.45. The van der Waals surface area contributed by atoms with E-state index < -0.39 is 0 Å². The van der Waals surface area contributed by atoms with Crippen LogP contribution >= 0.6 is 0 Å². The summed E-state index contributed by atoms with van der Waals surface area (Å²) < 4.78 is 5.10. The molecule has 23 heavy (non-hydrogen) atoms. The zero-order valence-electron chi connectivity index (χ0n) is 13.7. The Balaban J connectivity index is 1.63. The van der Waals surface area contributed by atoms with Crippen molar-refractivity contribution >= 4 is 5.91 Å². The number of carbonyl (C=O) groups excluding carboxylic acids is 1. The van der Waals surface area contributed by atoms with Crippen molar-refractivity contribution in [2.75, 3.05) is 20.1 Å². The van der Waals surface area contributed by atoms with Crippen LogP contribution in [-0.4, -0.2) is 57.0 Å². The molecule has 1 aliphatic heterocycles. The Labute approximate surface area is 135 Å². The first kappa shape index (κ1) is 15.6. The van der Waals surface area contributed by atoms with Crippen LogP contribution in [-0.2, 0) is 6.54 Å². The fourth-order valence-corrected chi connectivity index (χ4v) is 3.00. The fraction of sp³-hybridized carbons (Fsp3) is 0.500. The molecule has 0 aromatic carbocycles. The van der Waals surface area contributed by atoms with Gasteiger partial charge < -0.3 is 9.42 Å². The summed E-state index contributed by atoms with van der Waals surface area (Å²) in [7, 11) is 2.05. The maximum absolute atomic E-state index is 12.7. The summed E-state index contributed by atoms with van der Waals surface area (Å²) in [6.45, 7) is 5.70. The van der Waals surface area contributed by atoms with Gasteiger partial charge in [-0.15, -0.1) is 0 Å². The van der Waals surface area contributed by atoms with E-state index in [9.17, 15) is 4.79 Å². The molecule has 1 saturated heterocycles. The van der Waals surface area contributed by atoms with Crippen LogP contribution in [0.3, 0.4) is 0 Å². The Kier molecular flexibility index (Phi) is 4.38. The SMILES string of the molecule is Cc1noc(C)c1C(=O)N1CC[C@@H](N(C)Cc2ncccn2)C1. The van der Waals surface area contributed by atoms with Crippen LogP contribution in [0.15, 0.2) is 23.0 Å². The molecule has 3 heterocycles. The second-order valence-corrected chi connectivity index (χ2v) is 5.97. The van der Waals surface area contributed by atoms with Crippen LogP contribution in [0, 0.1) is 13.8 Å². The molecule has 122 valence electrons. The molecule has 0 radical (unpaired) electrons. The molecule has 0 unspecified atom stereocenters. The van der Waals surface area contributed by atoms with Crippen molar-refractivity contribution in [1.29, 1.82) is 0 Å². The van der Waals surface area contributed by atoms with Crippen molar-refractivity contribution in [3.8, 4) is 0 Å². The standard InChI is InChI=1S/C16H21N5O2/c1-11-15(12(2)23-19-11)16(22)21-8-5-13(9-21)20(3)10-14-17-6-4-7-18-14/h4,6-7,13H,5,8-10H2,1-3H3/t13-/m1/s1. The van der Waals surface area contributed by atoms with Crippen molar-refractivity contribution in [3.05, 3.63) is 41.3 Å². The highest BCUT2D eigenvalue weighted by atomic mass is 16.5. The van der Waals surface area contributed by atoms with Crippen LogP contribution in [0.5, 0.6) is 0 Å². The predicted octanol–water partition coefficient (Wildman–Crippen LogP) is 1.43. The summed E-state index contributed by atoms with van der Waals surface area (Å²) in [6, 6.07) is 2.12. The van der Waals surface area contributed by atoms with Gasteiger partial charge in [0, 0.05) is 31.5 Å². The summed E-state index contributed by atoms with van der Waals surface area (Å²) in [6.07, 6.45) is 4.44. The van der Waals surface area contributed by atoms with Gasteiger partial charge in [-0.05, 0) is 33.4 Å². The van der Waals surface area contributed by atoms with Crippen molar-refractivity contribution in [2.45, 2.75) is 32.9 Å². The number of aryl methyl sites for hydroxylation is 2. The van der Waals surface area contributed by atoms with Crippen molar-refractivity contribution in [3.63, 3.8) is 0 Å². The minimum atomic E-state index is 0.00751. The van der Waals surface area contributed by atoms with E-state index in [1.807, 2.05) is 18.0 Å². The van der Waals surface area contributed by atoms with E-state index in [-0.39, 0.29) is 5.91 Å². The number of amides is 1. The molecule has 0 saturated carbocycles. The number of hydrogen-bond acceptors (Lipinski definition) is 6. The molecule has 0 spiro atoms. The maximum atomic E-state index is 12.7. The average Bonchev–Trinajstić information content (AvgIpc) is 3.15. The molecule has 1 aliphatic rings. The fourth-order valence-electron chi connectivity index (χ4n) is 3.00. The first-order valence-electron chi connectivity index (χ1n) is 7.74. The third-order valence-electron chi connectivity index (χ3n) is 4.33. The lowest BCUT2D eigenvalue weighted by Crippen LogP contribution is -2.36. The van der Waals surface area contributed by atoms with Gasteiger partial charge in [-0.2, -0.15) is 0 Å². The van der Waals surface area contributed by atoms with Crippen molar-refractivity contribution < 1.29 is 9.32 Å². The number of carbonyl (C=O) groups is 1. The van der Waals surface area contributed by atoms with E-state index >= 15 is 0 Å². The smallest absolute Gasteiger partial charge is 0.259 e. The molecule has 1 fully saturated rings. The average molecular weight is 315 g/mol. The summed E-state index contributed by atoms with van der Waals surface area (Å²) >= 11 is 0. The minimum absolute atomic E-state index is 0.00751. The third-order valence-corrected chi connectivity index (χ3v) is 4.33. The summed E-state index contributed by atoms with van der Waals surface area (Å²) in [5.74, 6) is 1.39. The quantitative estimate of drug-likeness (QED) is 0.849. The highest BCUT2D eigenvalue weighted by Gasteiger charge is 2.32. The Morgan fingerprint density at radius 2 is 2.13 bits per heavy atom. The monoisotopic (exact) mass is 315 g/mol. The zero-order valence-corrected chi connectivity index (χ0v) is 13.7. The minimum Gasteiger partial charge on any atom is -0.361 e. The topological polar surface area (TPSA) is 75.4 Å². The van der Waals surface area contributed by atoms with E-state index in [2.05, 4.69) is 20.0 Å². The Hall–Kier alpha value is -2.28. The number of nitrogens with zero attached hydrogens (tertiary/aromatic N) is 5. The first-order chi connectivity index (χ1) is 11.1. The zero-order chi connectivity index (χ0) is 16.4. The lowest BCUT2D eigenvalue weighted by Gasteiger charge is -2.23. The highest BCUT2D eigenvalue weighted by molar-refractivity contribution is 5.96. The summed E-state index contributed by atoms with van der Waals surface area (Å²) in [4.78, 5) is 25.2. The Morgan fingerprint density at radius 3 is 2.78 bits per heavy atom. The molecule has 1 atom stereocenters. The van der Waals surface area contributed by atoms with Crippen LogP contribution in [0.25, 0.3) is 0 Å². The van der Waals surface area contributed by atoms with Gasteiger partial charge in [0.15, 0.2) is 0 Å². The molecule has 1 amide bonds. The summed E-state index contributed by atoms with van der Waals surface area (Å²) in [5.41, 5.74) is 1.25. The molecule has 7 nitrogen and oxygen atoms in total. The number of likely N-dealkylation sites (tertiary alicyclic amines) is 1. The van der Waals surface area contributed by atoms with Crippen LogP contribution in [0.1, 0.15) is 34.1 Å². The van der Waals surface area contributed by atoms with Crippen LogP contribution < -0.4 is 0 Å². The Bertz CT molecular complexity index is 666. The Morgan fingerprint density at radius 1 is 1.39 bits per heavy atom. The molecule has 3 rings (SSSR count). The van der Waals surface area contributed by atoms with Gasteiger partial charge in [0.2, 0.25) is 0 Å². The van der Waals surface area contributed by atoms with Gasteiger partial charge >= 0.3 is 0 Å². The van der Waals surface area contributed by atoms with Gasteiger partial charge in [0.1, 0.15) is 17.1 Å². The highest BCUT2D eigenvalue weighted by Crippen LogP contribution is 2.21. The molecular formula is C16H21N5O2. The molecular weight excluding hydrogens is 294 g/mol. The predicted molar refractivity (Wildman–Crippen MR) is 83.8 cm³/mol. The third kappa shape index (κ3) is 3.24. The largest absolute Gasteiger partial charge is 0.361 e. The molecule has 7 heteroatoms. The van der Waals surface area contributed by atoms with E-state index in [1.165, 1.54) is 0 Å². The van der Waals surface area contributed by atoms with Crippen molar-refractivity contribution in [2.24, 2.45) is 0 Å². The lowest BCUT2D eigenvalue weighted by atomic mass is 10.2. The van der Waals surface area contributed by atoms with Gasteiger partial charge in [-0.25, -0.2) is 9.97 Å². The number of rotatable bonds is 4. The lowest BCUT2D eigenvalue weighted by molar-refractivity contribution is 0.0777. The number of hydrogen-bond donors (Lipinski definition) is 0. The van der Waals surface area contributed by atoms with Gasteiger partial charge in [-0.1, -0.05) is 5.16 Å². The molecule has 2 aromatic rings. The van der Waals surface area contributed by atoms with E-state index in [4.69, 9.17) is 4.52 Å². The summed E-state index contributed by atoms with van der Waals surface area (Å²) in [5, 5.41) is 3.87. The maximum Gasteiger partial charge on any atom is 0.259 e.